The van der Waals surface area contributed by atoms with Crippen LogP contribution in [-0.2, 0) is 12.8 Å². The number of fused-ring (bicyclic) bond motifs is 1. The molecule has 1 N–H and O–H groups in total. The summed E-state index contributed by atoms with van der Waals surface area (Å²) in [6, 6.07) is 0.603. The van der Waals surface area contributed by atoms with E-state index in [4.69, 9.17) is 0 Å². The molecule has 2 aliphatic rings. The average molecular weight is 263 g/mol. The lowest BCUT2D eigenvalue weighted by Gasteiger charge is -2.24. The number of nitrogens with one attached hydrogen (secondary N) is 1. The molecule has 1 aliphatic heterocycles. The molecule has 1 aliphatic carbocycles. The minimum Gasteiger partial charge on any atom is -0.366 e. The van der Waals surface area contributed by atoms with Gasteiger partial charge in [-0.3, -0.25) is 0 Å². The van der Waals surface area contributed by atoms with E-state index >= 15 is 0 Å². The van der Waals surface area contributed by atoms with E-state index in [1.807, 2.05) is 0 Å². The molecule has 0 radical (unpaired) electrons. The Labute approximate surface area is 113 Å². The average Bonchev–Trinajstić information content (AvgIpc) is 2.66. The van der Waals surface area contributed by atoms with Crippen LogP contribution in [0.4, 0.5) is 5.82 Å². The van der Waals surface area contributed by atoms with Gasteiger partial charge in [-0.25, -0.2) is 9.97 Å². The number of hydrogen-bond acceptors (Lipinski definition) is 4. The second-order valence-corrected chi connectivity index (χ2v) is 6.42. The predicted molar refractivity (Wildman–Crippen MR) is 77.3 cm³/mol. The monoisotopic (exact) mass is 263 g/mol. The molecule has 0 saturated carbocycles. The van der Waals surface area contributed by atoms with Gasteiger partial charge in [0, 0.05) is 23.1 Å². The van der Waals surface area contributed by atoms with E-state index < -0.39 is 0 Å². The first-order valence-electron chi connectivity index (χ1n) is 7.10. The van der Waals surface area contributed by atoms with Gasteiger partial charge in [-0.05, 0) is 44.3 Å². The van der Waals surface area contributed by atoms with Gasteiger partial charge in [0.2, 0.25) is 0 Å². The molecule has 1 atom stereocenters. The summed E-state index contributed by atoms with van der Waals surface area (Å²) in [5, 5.41) is 3.66. The molecule has 0 aromatic carbocycles. The summed E-state index contributed by atoms with van der Waals surface area (Å²) in [7, 11) is 0. The fourth-order valence-electron chi connectivity index (χ4n) is 2.87. The van der Waals surface area contributed by atoms with Crippen molar-refractivity contribution in [2.45, 2.75) is 51.0 Å². The van der Waals surface area contributed by atoms with Crippen molar-refractivity contribution in [3.05, 3.63) is 17.6 Å². The summed E-state index contributed by atoms with van der Waals surface area (Å²) in [4.78, 5) is 8.97. The summed E-state index contributed by atoms with van der Waals surface area (Å²) in [6.07, 6.45) is 10.5. The third-order valence-electron chi connectivity index (χ3n) is 3.88. The van der Waals surface area contributed by atoms with Crippen LogP contribution in [0.2, 0.25) is 0 Å². The van der Waals surface area contributed by atoms with Crippen LogP contribution in [-0.4, -0.2) is 27.5 Å². The lowest BCUT2D eigenvalue weighted by atomic mass is 10.1. The maximum absolute atomic E-state index is 4.50. The lowest BCUT2D eigenvalue weighted by molar-refractivity contribution is 0.679. The lowest BCUT2D eigenvalue weighted by Crippen LogP contribution is -2.27. The summed E-state index contributed by atoms with van der Waals surface area (Å²) in [5.41, 5.74) is 2.68. The Bertz CT molecular complexity index is 402. The summed E-state index contributed by atoms with van der Waals surface area (Å²) in [6.45, 7) is 0. The van der Waals surface area contributed by atoms with E-state index in [0.717, 1.165) is 18.7 Å². The molecule has 1 aromatic heterocycles. The SMILES string of the molecule is c1nc2c(c(NC3CCCSC3)n1)CCCCC2. The molecular formula is C14H21N3S. The molecule has 1 unspecified atom stereocenters. The van der Waals surface area contributed by atoms with Gasteiger partial charge >= 0.3 is 0 Å². The van der Waals surface area contributed by atoms with Gasteiger partial charge in [0.15, 0.2) is 0 Å². The zero-order chi connectivity index (χ0) is 12.2. The second kappa shape index (κ2) is 5.91. The highest BCUT2D eigenvalue weighted by atomic mass is 32.2. The minimum atomic E-state index is 0.603. The first kappa shape index (κ1) is 12.3. The zero-order valence-electron chi connectivity index (χ0n) is 10.8. The molecule has 1 aromatic rings. The fraction of sp³-hybridized carbons (Fsp3) is 0.714. The van der Waals surface area contributed by atoms with Crippen LogP contribution < -0.4 is 5.32 Å². The standard InChI is InChI=1S/C14H21N3S/c1-2-6-12-13(7-3-1)15-10-16-14(12)17-11-5-4-8-18-9-11/h10-11H,1-9H2,(H,15,16,17). The van der Waals surface area contributed by atoms with Gasteiger partial charge < -0.3 is 5.32 Å². The highest BCUT2D eigenvalue weighted by Gasteiger charge is 2.18. The van der Waals surface area contributed by atoms with Crippen LogP contribution in [0.25, 0.3) is 0 Å². The Morgan fingerprint density at radius 1 is 1.11 bits per heavy atom. The van der Waals surface area contributed by atoms with Crippen LogP contribution in [0.15, 0.2) is 6.33 Å². The molecule has 18 heavy (non-hydrogen) atoms. The molecule has 98 valence electrons. The van der Waals surface area contributed by atoms with E-state index in [0.29, 0.717) is 6.04 Å². The van der Waals surface area contributed by atoms with E-state index in [1.165, 1.54) is 54.9 Å². The van der Waals surface area contributed by atoms with Crippen molar-refractivity contribution >= 4 is 17.6 Å². The topological polar surface area (TPSA) is 37.8 Å². The number of hydrogen-bond donors (Lipinski definition) is 1. The fourth-order valence-corrected chi connectivity index (χ4v) is 3.94. The Morgan fingerprint density at radius 2 is 2.06 bits per heavy atom. The highest BCUT2D eigenvalue weighted by Crippen LogP contribution is 2.26. The Hall–Kier alpha value is -0.770. The molecule has 3 nitrogen and oxygen atoms in total. The van der Waals surface area contributed by atoms with E-state index in [-0.39, 0.29) is 0 Å². The van der Waals surface area contributed by atoms with Crippen molar-refractivity contribution in [2.24, 2.45) is 0 Å². The summed E-state index contributed by atoms with van der Waals surface area (Å²) in [5.74, 6) is 3.66. The first-order valence-corrected chi connectivity index (χ1v) is 8.26. The van der Waals surface area contributed by atoms with Crippen LogP contribution in [0.5, 0.6) is 0 Å². The number of rotatable bonds is 2. The van der Waals surface area contributed by atoms with Crippen molar-refractivity contribution in [3.63, 3.8) is 0 Å². The number of nitrogens with zero attached hydrogens (tertiary/aromatic N) is 2. The normalized spacial score (nSPS) is 24.1. The predicted octanol–water partition coefficient (Wildman–Crippen LogP) is 3.05. The van der Waals surface area contributed by atoms with E-state index in [2.05, 4.69) is 27.0 Å². The summed E-state index contributed by atoms with van der Waals surface area (Å²) < 4.78 is 0. The van der Waals surface area contributed by atoms with Crippen molar-refractivity contribution < 1.29 is 0 Å². The number of aromatic nitrogens is 2. The van der Waals surface area contributed by atoms with Crippen LogP contribution in [0, 0.1) is 0 Å². The highest BCUT2D eigenvalue weighted by molar-refractivity contribution is 7.99. The zero-order valence-corrected chi connectivity index (χ0v) is 11.6. The molecule has 1 saturated heterocycles. The second-order valence-electron chi connectivity index (χ2n) is 5.27. The van der Waals surface area contributed by atoms with Crippen molar-refractivity contribution in [2.75, 3.05) is 16.8 Å². The maximum Gasteiger partial charge on any atom is 0.133 e. The first-order chi connectivity index (χ1) is 8.93. The van der Waals surface area contributed by atoms with E-state index in [9.17, 15) is 0 Å². The molecule has 0 bridgehead atoms. The number of thioether (sulfide) groups is 1. The third-order valence-corrected chi connectivity index (χ3v) is 5.09. The maximum atomic E-state index is 4.50. The van der Waals surface area contributed by atoms with Gasteiger partial charge in [-0.1, -0.05) is 6.42 Å². The Morgan fingerprint density at radius 3 is 2.94 bits per heavy atom. The van der Waals surface area contributed by atoms with Crippen LogP contribution in [0.1, 0.15) is 43.4 Å². The molecular weight excluding hydrogens is 242 g/mol. The molecule has 4 heteroatoms. The molecule has 3 rings (SSSR count). The third kappa shape index (κ3) is 2.79. The molecule has 1 fully saturated rings. The molecule has 0 spiro atoms. The molecule has 0 amide bonds. The van der Waals surface area contributed by atoms with Gasteiger partial charge in [0.1, 0.15) is 12.1 Å². The van der Waals surface area contributed by atoms with Gasteiger partial charge in [-0.2, -0.15) is 11.8 Å². The van der Waals surface area contributed by atoms with E-state index in [1.54, 1.807) is 6.33 Å². The van der Waals surface area contributed by atoms with Gasteiger partial charge in [-0.15, -0.1) is 0 Å². The van der Waals surface area contributed by atoms with Crippen molar-refractivity contribution in [3.8, 4) is 0 Å². The van der Waals surface area contributed by atoms with Crippen LogP contribution in [0.3, 0.4) is 0 Å². The van der Waals surface area contributed by atoms with Gasteiger partial charge in [0.05, 0.1) is 0 Å². The Balaban J connectivity index is 1.78. The number of anilines is 1. The largest absolute Gasteiger partial charge is 0.366 e. The smallest absolute Gasteiger partial charge is 0.133 e. The Kier molecular flexibility index (Phi) is 4.03. The summed E-state index contributed by atoms with van der Waals surface area (Å²) >= 11 is 2.06. The van der Waals surface area contributed by atoms with Crippen LogP contribution >= 0.6 is 11.8 Å². The molecule has 2 heterocycles. The quantitative estimate of drug-likeness (QED) is 0.832. The van der Waals surface area contributed by atoms with Crippen molar-refractivity contribution in [1.29, 1.82) is 0 Å². The van der Waals surface area contributed by atoms with Gasteiger partial charge in [0.25, 0.3) is 0 Å². The van der Waals surface area contributed by atoms with Crippen molar-refractivity contribution in [1.82, 2.24) is 9.97 Å². The minimum absolute atomic E-state index is 0.603. The number of aryl methyl sites for hydroxylation is 1.